The molecule has 1 saturated carbocycles. The van der Waals surface area contributed by atoms with Crippen molar-refractivity contribution < 1.29 is 4.39 Å². The van der Waals surface area contributed by atoms with Crippen LogP contribution in [0.15, 0.2) is 22.7 Å². The molecule has 82 valence electrons. The molecule has 0 aliphatic heterocycles. The molecular formula is C12H15BrFN. The highest BCUT2D eigenvalue weighted by molar-refractivity contribution is 9.10. The first-order valence-corrected chi connectivity index (χ1v) is 6.12. The zero-order chi connectivity index (χ0) is 10.8. The molecule has 0 heterocycles. The van der Waals surface area contributed by atoms with E-state index in [1.165, 1.54) is 12.8 Å². The Morgan fingerprint density at radius 1 is 1.47 bits per heavy atom. The van der Waals surface area contributed by atoms with Gasteiger partial charge in [-0.1, -0.05) is 13.0 Å². The number of hydrogen-bond acceptors (Lipinski definition) is 1. The summed E-state index contributed by atoms with van der Waals surface area (Å²) >= 11 is 3.15. The predicted molar refractivity (Wildman–Crippen MR) is 63.1 cm³/mol. The molecule has 0 aromatic heterocycles. The fraction of sp³-hybridized carbons (Fsp3) is 0.500. The third-order valence-corrected chi connectivity index (χ3v) is 3.60. The predicted octanol–water partition coefficient (Wildman–Crippen LogP) is 3.48. The lowest BCUT2D eigenvalue weighted by Crippen LogP contribution is -2.39. The fourth-order valence-corrected chi connectivity index (χ4v) is 2.23. The summed E-state index contributed by atoms with van der Waals surface area (Å²) in [5.41, 5.74) is 1.01. The summed E-state index contributed by atoms with van der Waals surface area (Å²) in [7, 11) is 0. The number of halogens is 2. The van der Waals surface area contributed by atoms with Crippen LogP contribution in [0, 0.1) is 11.7 Å². The van der Waals surface area contributed by atoms with Crippen LogP contribution in [-0.4, -0.2) is 6.04 Å². The molecule has 0 saturated heterocycles. The van der Waals surface area contributed by atoms with Crippen molar-refractivity contribution in [1.29, 1.82) is 0 Å². The van der Waals surface area contributed by atoms with Gasteiger partial charge in [0.2, 0.25) is 0 Å². The maximum Gasteiger partial charge on any atom is 0.137 e. The van der Waals surface area contributed by atoms with E-state index in [9.17, 15) is 4.39 Å². The lowest BCUT2D eigenvalue weighted by Gasteiger charge is -2.33. The summed E-state index contributed by atoms with van der Waals surface area (Å²) in [5, 5.41) is 3.43. The Hall–Kier alpha value is -0.410. The molecule has 1 aromatic rings. The first-order chi connectivity index (χ1) is 7.15. The topological polar surface area (TPSA) is 12.0 Å². The van der Waals surface area contributed by atoms with Gasteiger partial charge in [0.15, 0.2) is 0 Å². The van der Waals surface area contributed by atoms with Gasteiger partial charge >= 0.3 is 0 Å². The molecule has 1 N–H and O–H groups in total. The number of rotatable bonds is 3. The van der Waals surface area contributed by atoms with Crippen molar-refractivity contribution in [3.05, 3.63) is 34.1 Å². The molecule has 2 rings (SSSR count). The normalized spacial score (nSPS) is 25.0. The fourth-order valence-electron chi connectivity index (χ4n) is 1.98. The molecule has 1 aromatic carbocycles. The van der Waals surface area contributed by atoms with Crippen molar-refractivity contribution in [2.45, 2.75) is 32.4 Å². The van der Waals surface area contributed by atoms with Crippen LogP contribution >= 0.6 is 15.9 Å². The van der Waals surface area contributed by atoms with Crippen LogP contribution in [0.2, 0.25) is 0 Å². The van der Waals surface area contributed by atoms with E-state index < -0.39 is 0 Å². The maximum absolute atomic E-state index is 13.2. The van der Waals surface area contributed by atoms with Gasteiger partial charge in [-0.15, -0.1) is 0 Å². The lowest BCUT2D eigenvalue weighted by molar-refractivity contribution is 0.240. The second-order valence-electron chi connectivity index (χ2n) is 4.40. The molecule has 0 atom stereocenters. The summed E-state index contributed by atoms with van der Waals surface area (Å²) in [6.45, 7) is 3.03. The molecule has 1 fully saturated rings. The van der Waals surface area contributed by atoms with E-state index in [2.05, 4.69) is 28.2 Å². The van der Waals surface area contributed by atoms with Crippen LogP contribution in [0.1, 0.15) is 25.3 Å². The van der Waals surface area contributed by atoms with Gasteiger partial charge in [0.1, 0.15) is 5.82 Å². The number of benzene rings is 1. The average Bonchev–Trinajstić information content (AvgIpc) is 2.16. The van der Waals surface area contributed by atoms with Gasteiger partial charge in [-0.05, 0) is 52.4 Å². The summed E-state index contributed by atoms with van der Waals surface area (Å²) in [5.74, 6) is 0.667. The summed E-state index contributed by atoms with van der Waals surface area (Å²) in [6.07, 6.45) is 2.50. The largest absolute Gasteiger partial charge is 0.310 e. The monoisotopic (exact) mass is 271 g/mol. The van der Waals surface area contributed by atoms with E-state index in [1.807, 2.05) is 6.07 Å². The quantitative estimate of drug-likeness (QED) is 0.888. The molecule has 0 radical (unpaired) electrons. The van der Waals surface area contributed by atoms with Crippen LogP contribution in [0.4, 0.5) is 4.39 Å². The second kappa shape index (κ2) is 4.62. The Balaban J connectivity index is 1.86. The Labute approximate surface area is 98.2 Å². The van der Waals surface area contributed by atoms with Gasteiger partial charge in [0, 0.05) is 12.6 Å². The third-order valence-electron chi connectivity index (χ3n) is 2.95. The van der Waals surface area contributed by atoms with E-state index >= 15 is 0 Å². The third kappa shape index (κ3) is 2.79. The van der Waals surface area contributed by atoms with E-state index in [0.717, 1.165) is 18.0 Å². The van der Waals surface area contributed by atoms with Crippen molar-refractivity contribution in [3.8, 4) is 0 Å². The first kappa shape index (κ1) is 11.1. The Bertz CT molecular complexity index is 347. The highest BCUT2D eigenvalue weighted by Gasteiger charge is 2.24. The van der Waals surface area contributed by atoms with Crippen LogP contribution < -0.4 is 5.32 Å². The van der Waals surface area contributed by atoms with Crippen LogP contribution in [0.5, 0.6) is 0 Å². The van der Waals surface area contributed by atoms with Gasteiger partial charge in [-0.3, -0.25) is 0 Å². The van der Waals surface area contributed by atoms with Gasteiger partial charge in [0.05, 0.1) is 4.47 Å². The molecule has 3 heteroatoms. The van der Waals surface area contributed by atoms with Crippen molar-refractivity contribution >= 4 is 15.9 Å². The number of nitrogens with one attached hydrogen (secondary N) is 1. The molecule has 1 nitrogen and oxygen atoms in total. The Morgan fingerprint density at radius 3 is 2.80 bits per heavy atom. The minimum absolute atomic E-state index is 0.184. The zero-order valence-corrected chi connectivity index (χ0v) is 10.3. The molecule has 1 aliphatic carbocycles. The Morgan fingerprint density at radius 2 is 2.20 bits per heavy atom. The van der Waals surface area contributed by atoms with E-state index in [0.29, 0.717) is 10.5 Å². The molecule has 0 spiro atoms. The minimum Gasteiger partial charge on any atom is -0.310 e. The van der Waals surface area contributed by atoms with E-state index in [4.69, 9.17) is 0 Å². The standard InChI is InChI=1S/C12H15BrFN/c1-8-4-10(5-8)15-7-9-2-3-11(13)12(14)6-9/h2-3,6,8,10,15H,4-5,7H2,1H3. The second-order valence-corrected chi connectivity index (χ2v) is 5.26. The SMILES string of the molecule is CC1CC(NCc2ccc(Br)c(F)c2)C1. The van der Waals surface area contributed by atoms with Crippen LogP contribution in [0.25, 0.3) is 0 Å². The van der Waals surface area contributed by atoms with Crippen molar-refractivity contribution in [2.24, 2.45) is 5.92 Å². The molecule has 1 aliphatic rings. The Kier molecular flexibility index (Phi) is 3.42. The minimum atomic E-state index is -0.184. The van der Waals surface area contributed by atoms with E-state index in [-0.39, 0.29) is 5.82 Å². The van der Waals surface area contributed by atoms with Crippen molar-refractivity contribution in [1.82, 2.24) is 5.32 Å². The zero-order valence-electron chi connectivity index (χ0n) is 8.76. The van der Waals surface area contributed by atoms with Crippen LogP contribution in [0.3, 0.4) is 0 Å². The number of hydrogen-bond donors (Lipinski definition) is 1. The molecule has 0 unspecified atom stereocenters. The van der Waals surface area contributed by atoms with Crippen LogP contribution in [-0.2, 0) is 6.54 Å². The highest BCUT2D eigenvalue weighted by Crippen LogP contribution is 2.26. The van der Waals surface area contributed by atoms with Gasteiger partial charge in [-0.25, -0.2) is 4.39 Å². The van der Waals surface area contributed by atoms with Crippen molar-refractivity contribution in [3.63, 3.8) is 0 Å². The molecule has 0 amide bonds. The molecular weight excluding hydrogens is 257 g/mol. The first-order valence-electron chi connectivity index (χ1n) is 5.32. The molecule has 15 heavy (non-hydrogen) atoms. The van der Waals surface area contributed by atoms with Gasteiger partial charge in [0.25, 0.3) is 0 Å². The van der Waals surface area contributed by atoms with Crippen molar-refractivity contribution in [2.75, 3.05) is 0 Å². The smallest absolute Gasteiger partial charge is 0.137 e. The van der Waals surface area contributed by atoms with E-state index in [1.54, 1.807) is 12.1 Å². The van der Waals surface area contributed by atoms with Gasteiger partial charge in [-0.2, -0.15) is 0 Å². The summed E-state index contributed by atoms with van der Waals surface area (Å²) in [6, 6.07) is 5.92. The molecule has 0 bridgehead atoms. The summed E-state index contributed by atoms with van der Waals surface area (Å²) < 4.78 is 13.7. The average molecular weight is 272 g/mol. The highest BCUT2D eigenvalue weighted by atomic mass is 79.9. The summed E-state index contributed by atoms with van der Waals surface area (Å²) in [4.78, 5) is 0. The van der Waals surface area contributed by atoms with Gasteiger partial charge < -0.3 is 5.32 Å². The lowest BCUT2D eigenvalue weighted by atomic mass is 9.82. The maximum atomic E-state index is 13.2.